The number of hydrogen-bond acceptors (Lipinski definition) is 2. The quantitative estimate of drug-likeness (QED) is 0.124. The topological polar surface area (TPSA) is 23.4 Å². The highest BCUT2D eigenvalue weighted by atomic mass is 28.3. The van der Waals surface area contributed by atoms with Crippen molar-refractivity contribution in [3.8, 4) is 45.2 Å². The van der Waals surface area contributed by atoms with Gasteiger partial charge in [0.2, 0.25) is 0 Å². The summed E-state index contributed by atoms with van der Waals surface area (Å²) in [4.78, 5) is 0. The molecule has 10 aromatic rings. The van der Waals surface area contributed by atoms with E-state index in [0.29, 0.717) is 15.6 Å². The van der Waals surface area contributed by atoms with Gasteiger partial charge in [0.05, 0.1) is 39.8 Å². The Morgan fingerprint density at radius 3 is 1.73 bits per heavy atom. The summed E-state index contributed by atoms with van der Waals surface area (Å²) in [5, 5.41) is 1.38. The lowest BCUT2D eigenvalue weighted by atomic mass is 9.50. The maximum atomic E-state index is 10.4. The first-order chi connectivity index (χ1) is 38.0. The molecule has 0 saturated heterocycles. The molecule has 0 radical (unpaired) electrons. The lowest BCUT2D eigenvalue weighted by molar-refractivity contribution is 0.479. The largest absolute Gasteiger partial charge is 0.551 e. The van der Waals surface area contributed by atoms with Gasteiger partial charge in [-0.05, 0) is 85.8 Å². The molecule has 5 heteroatoms. The van der Waals surface area contributed by atoms with Crippen molar-refractivity contribution in [3.05, 3.63) is 218 Å². The van der Waals surface area contributed by atoms with Crippen LogP contribution in [-0.4, -0.2) is 19.6 Å². The van der Waals surface area contributed by atoms with E-state index in [2.05, 4.69) is 0 Å². The Kier molecular flexibility index (Phi) is 4.29. The summed E-state index contributed by atoms with van der Waals surface area (Å²) in [5.41, 5.74) is -4.47. The van der Waals surface area contributed by atoms with Crippen molar-refractivity contribution in [2.45, 2.75) is 0 Å². The summed E-state index contributed by atoms with van der Waals surface area (Å²) < 4.78 is 209. The van der Waals surface area contributed by atoms with Gasteiger partial charge in [-0.15, -0.1) is 0 Å². The van der Waals surface area contributed by atoms with Gasteiger partial charge in [0.15, 0.2) is 8.07 Å². The average Bonchev–Trinajstić information content (AvgIpc) is 3.83. The van der Waals surface area contributed by atoms with E-state index in [1.54, 1.807) is 0 Å². The van der Waals surface area contributed by atoms with E-state index in [1.165, 1.54) is 0 Å². The standard InChI is InChI=1S/C54H36BNO2Si/c1-4-19-40(20-5-1)59(41-21-6-2-7-22-41,42-23-8-3-9-24-42)43-31-32-46-47-34-38(35-53-54(47)55(58-52(46)36-43)48-27-12-15-30-51(48)57-53)37-17-16-18-39(33-37)56-49-28-13-10-25-44(49)45-26-11-14-29-50(45)56/h1-36H/i10D,11D,12D,13D,14D,15D,16D,17D,18D,25D,26D,27D,28D,29D,30D,31D,32D,33D,34D,35D,36D. The summed E-state index contributed by atoms with van der Waals surface area (Å²) in [6, 6.07) is 11.8. The molecule has 0 bridgehead atoms. The van der Waals surface area contributed by atoms with Crippen molar-refractivity contribution in [1.82, 2.24) is 4.57 Å². The molecule has 3 nitrogen and oxygen atoms in total. The molecule has 0 amide bonds. The summed E-state index contributed by atoms with van der Waals surface area (Å²) in [6.07, 6.45) is 0. The van der Waals surface area contributed by atoms with Crippen LogP contribution >= 0.6 is 0 Å². The fraction of sp³-hybridized carbons (Fsp3) is 0. The highest BCUT2D eigenvalue weighted by Gasteiger charge is 2.44. The van der Waals surface area contributed by atoms with E-state index < -0.39 is 198 Å². The first-order valence-electron chi connectivity index (χ1n) is 29.1. The number of ether oxygens (including phenoxy) is 1. The molecule has 0 aliphatic carbocycles. The Hall–Kier alpha value is -7.34. The molecule has 12 rings (SSSR count). The number of rotatable bonds is 6. The Labute approximate surface area is 374 Å². The molecule has 0 spiro atoms. The van der Waals surface area contributed by atoms with Crippen LogP contribution in [0.3, 0.4) is 0 Å². The van der Waals surface area contributed by atoms with Gasteiger partial charge in [0.25, 0.3) is 0 Å². The second kappa shape index (κ2) is 13.4. The summed E-state index contributed by atoms with van der Waals surface area (Å²) in [7, 11) is -3.91. The van der Waals surface area contributed by atoms with Gasteiger partial charge < -0.3 is 14.0 Å². The van der Waals surface area contributed by atoms with Crippen LogP contribution in [0.2, 0.25) is 0 Å². The molecule has 2 aliphatic heterocycles. The number of nitrogens with zero attached hydrogens (tertiary/aromatic N) is 1. The molecular formula is C54H36BNO2Si. The van der Waals surface area contributed by atoms with Crippen LogP contribution in [-0.2, 0) is 0 Å². The minimum atomic E-state index is -3.91. The van der Waals surface area contributed by atoms with E-state index in [0.717, 1.165) is 4.57 Å². The Morgan fingerprint density at radius 1 is 0.458 bits per heavy atom. The van der Waals surface area contributed by atoms with Crippen molar-refractivity contribution < 1.29 is 38.2 Å². The zero-order valence-electron chi connectivity index (χ0n) is 51.5. The summed E-state index contributed by atoms with van der Waals surface area (Å²) in [5.74, 6) is -1.47. The third-order valence-electron chi connectivity index (χ3n) is 10.8. The van der Waals surface area contributed by atoms with Crippen molar-refractivity contribution in [1.29, 1.82) is 0 Å². The first-order valence-corrected chi connectivity index (χ1v) is 20.6. The lowest BCUT2D eigenvalue weighted by Gasteiger charge is -2.37. The monoisotopic (exact) mass is 790 g/mol. The van der Waals surface area contributed by atoms with Crippen LogP contribution in [0.15, 0.2) is 218 Å². The molecule has 0 N–H and O–H groups in total. The molecule has 0 saturated carbocycles. The van der Waals surface area contributed by atoms with Crippen LogP contribution < -0.4 is 41.1 Å². The van der Waals surface area contributed by atoms with Crippen LogP contribution in [0, 0.1) is 0 Å². The fourth-order valence-electron chi connectivity index (χ4n) is 8.28. The minimum Gasteiger partial charge on any atom is -0.551 e. The molecule has 1 aromatic heterocycles. The smallest absolute Gasteiger partial charge is 0.434 e. The van der Waals surface area contributed by atoms with E-state index in [4.69, 9.17) is 24.5 Å². The van der Waals surface area contributed by atoms with E-state index in [9.17, 15) is 13.7 Å². The van der Waals surface area contributed by atoms with E-state index in [1.807, 2.05) is 91.0 Å². The molecule has 3 heterocycles. The third kappa shape index (κ3) is 5.15. The molecule has 276 valence electrons. The lowest BCUT2D eigenvalue weighted by Crippen LogP contribution is -2.74. The SMILES string of the molecule is [2H]c1c([2H])c([2H])c2c(c1[2H])Oc1c([2H])c(-c3c([2H])c([2H])c([2H])c(-n4c5c([2H])c([2H])c([2H])c([2H])c5c5c([2H])c([2H])c([2H])c([2H])c54)c3[2H])c([2H])c3c1B2Oc1c([2H])c([Si](c2ccccc2)(c2ccccc2)c2ccccc2)c([2H])c([2H])c1-3. The summed E-state index contributed by atoms with van der Waals surface area (Å²) >= 11 is 0. The number of para-hydroxylation sites is 3. The Morgan fingerprint density at radius 2 is 1.07 bits per heavy atom. The molecule has 2 aliphatic rings. The second-order valence-corrected chi connectivity index (χ2v) is 17.6. The average molecular weight is 791 g/mol. The van der Waals surface area contributed by atoms with E-state index in [-0.39, 0.29) is 27.2 Å². The van der Waals surface area contributed by atoms with Crippen LogP contribution in [0.25, 0.3) is 49.7 Å². The number of fused-ring (bicyclic) bond motifs is 7. The third-order valence-corrected chi connectivity index (χ3v) is 15.4. The van der Waals surface area contributed by atoms with Gasteiger partial charge in [0.1, 0.15) is 17.2 Å². The molecule has 0 unspecified atom stereocenters. The molecule has 9 aromatic carbocycles. The van der Waals surface area contributed by atoms with Gasteiger partial charge >= 0.3 is 6.92 Å². The molecular weight excluding hydrogens is 733 g/mol. The first kappa shape index (κ1) is 18.9. The van der Waals surface area contributed by atoms with Gasteiger partial charge in [-0.25, -0.2) is 0 Å². The zero-order valence-corrected chi connectivity index (χ0v) is 31.5. The minimum absolute atomic E-state index is 0.0816. The normalized spacial score (nSPS) is 17.6. The van der Waals surface area contributed by atoms with Gasteiger partial charge in [-0.2, -0.15) is 0 Å². The van der Waals surface area contributed by atoms with Gasteiger partial charge in [-0.1, -0.05) is 170 Å². The van der Waals surface area contributed by atoms with Crippen molar-refractivity contribution in [2.75, 3.05) is 0 Å². The Balaban J connectivity index is 1.25. The molecule has 0 atom stereocenters. The predicted molar refractivity (Wildman–Crippen MR) is 247 cm³/mol. The van der Waals surface area contributed by atoms with Crippen molar-refractivity contribution in [2.24, 2.45) is 0 Å². The molecule has 59 heavy (non-hydrogen) atoms. The second-order valence-electron chi connectivity index (χ2n) is 13.9. The summed E-state index contributed by atoms with van der Waals surface area (Å²) in [6.45, 7) is -1.71. The maximum Gasteiger partial charge on any atom is 0.434 e. The number of benzene rings is 9. The zero-order chi connectivity index (χ0) is 57.2. The highest BCUT2D eigenvalue weighted by Crippen LogP contribution is 2.42. The van der Waals surface area contributed by atoms with Crippen LogP contribution in [0.5, 0.6) is 17.2 Å². The Bertz CT molecular complexity index is 4280. The molecule has 0 fully saturated rings. The van der Waals surface area contributed by atoms with Crippen molar-refractivity contribution >= 4 is 68.5 Å². The van der Waals surface area contributed by atoms with E-state index >= 15 is 0 Å². The highest BCUT2D eigenvalue weighted by molar-refractivity contribution is 7.20. The number of hydrogen-bond donors (Lipinski definition) is 0. The number of aromatic nitrogens is 1. The fourth-order valence-corrected chi connectivity index (χ4v) is 12.8. The predicted octanol–water partition coefficient (Wildman–Crippen LogP) is 9.10. The van der Waals surface area contributed by atoms with Gasteiger partial charge in [0, 0.05) is 32.9 Å². The maximum absolute atomic E-state index is 10.4. The van der Waals surface area contributed by atoms with Crippen LogP contribution in [0.1, 0.15) is 28.8 Å². The van der Waals surface area contributed by atoms with Gasteiger partial charge in [-0.3, -0.25) is 0 Å². The van der Waals surface area contributed by atoms with Crippen LogP contribution in [0.4, 0.5) is 0 Å². The van der Waals surface area contributed by atoms with Crippen molar-refractivity contribution in [3.63, 3.8) is 0 Å².